The highest BCUT2D eigenvalue weighted by Crippen LogP contribution is 2.22. The Morgan fingerprint density at radius 2 is 1.42 bits per heavy atom. The Bertz CT molecular complexity index is 730. The van der Waals surface area contributed by atoms with Gasteiger partial charge in [0.1, 0.15) is 6.10 Å². The highest BCUT2D eigenvalue weighted by Gasteiger charge is 2.36. The molecule has 2 aromatic carbocycles. The Morgan fingerprint density at radius 3 is 1.96 bits per heavy atom. The van der Waals surface area contributed by atoms with E-state index in [2.05, 4.69) is 0 Å². The predicted octanol–water partition coefficient (Wildman–Crippen LogP) is 2.83. The van der Waals surface area contributed by atoms with Gasteiger partial charge in [0.25, 0.3) is 0 Å². The fraction of sp³-hybridized carbons (Fsp3) is 0.300. The van der Waals surface area contributed by atoms with E-state index in [9.17, 15) is 9.59 Å². The Kier molecular flexibility index (Phi) is 5.99. The maximum atomic E-state index is 12.3. The molecule has 0 saturated carbocycles. The smallest absolute Gasteiger partial charge is 0.338 e. The van der Waals surface area contributed by atoms with Gasteiger partial charge in [-0.3, -0.25) is 0 Å². The highest BCUT2D eigenvalue weighted by molar-refractivity contribution is 5.90. The maximum Gasteiger partial charge on any atom is 0.338 e. The number of esters is 2. The molecular weight excluding hydrogens is 336 g/mol. The third-order valence-electron chi connectivity index (χ3n) is 4.03. The molecule has 1 aliphatic rings. The van der Waals surface area contributed by atoms with Crippen LogP contribution in [0.3, 0.4) is 0 Å². The van der Waals surface area contributed by atoms with Crippen LogP contribution in [0, 0.1) is 0 Å². The minimum atomic E-state index is -0.700. The summed E-state index contributed by atoms with van der Waals surface area (Å²) in [6, 6.07) is 17.4. The van der Waals surface area contributed by atoms with Gasteiger partial charge in [-0.25, -0.2) is 9.59 Å². The van der Waals surface area contributed by atoms with E-state index in [1.807, 2.05) is 12.1 Å². The van der Waals surface area contributed by atoms with Crippen molar-refractivity contribution in [1.29, 1.82) is 0 Å². The summed E-state index contributed by atoms with van der Waals surface area (Å²) in [7, 11) is 1.48. The zero-order valence-electron chi connectivity index (χ0n) is 14.4. The molecule has 0 N–H and O–H groups in total. The van der Waals surface area contributed by atoms with Crippen LogP contribution in [-0.2, 0) is 18.9 Å². The molecule has 0 amide bonds. The van der Waals surface area contributed by atoms with Crippen molar-refractivity contribution in [2.24, 2.45) is 0 Å². The number of hydrogen-bond donors (Lipinski definition) is 0. The Morgan fingerprint density at radius 1 is 0.885 bits per heavy atom. The molecule has 6 nitrogen and oxygen atoms in total. The van der Waals surface area contributed by atoms with E-state index in [0.29, 0.717) is 17.5 Å². The number of hydrogen-bond acceptors (Lipinski definition) is 6. The number of carbonyl (C=O) groups is 2. The van der Waals surface area contributed by atoms with Crippen molar-refractivity contribution in [2.75, 3.05) is 13.7 Å². The van der Waals surface area contributed by atoms with Crippen molar-refractivity contribution in [3.05, 3.63) is 71.8 Å². The Hall–Kier alpha value is -2.70. The van der Waals surface area contributed by atoms with Gasteiger partial charge in [0, 0.05) is 13.5 Å². The second-order valence-electron chi connectivity index (χ2n) is 5.88. The zero-order chi connectivity index (χ0) is 18.4. The van der Waals surface area contributed by atoms with Crippen molar-refractivity contribution in [1.82, 2.24) is 0 Å². The van der Waals surface area contributed by atoms with Gasteiger partial charge in [-0.2, -0.15) is 0 Å². The minimum absolute atomic E-state index is 0.177. The molecule has 26 heavy (non-hydrogen) atoms. The molecule has 0 unspecified atom stereocenters. The largest absolute Gasteiger partial charge is 0.456 e. The molecule has 2 aromatic rings. The highest BCUT2D eigenvalue weighted by atomic mass is 16.7. The molecule has 1 aliphatic heterocycles. The fourth-order valence-electron chi connectivity index (χ4n) is 2.73. The molecular formula is C20H20O6. The summed E-state index contributed by atoms with van der Waals surface area (Å²) in [5.41, 5.74) is 0.893. The minimum Gasteiger partial charge on any atom is -0.456 e. The Labute approximate surface area is 151 Å². The summed E-state index contributed by atoms with van der Waals surface area (Å²) in [5.74, 6) is -0.917. The number of rotatable bonds is 5. The van der Waals surface area contributed by atoms with Crippen LogP contribution < -0.4 is 0 Å². The summed E-state index contributed by atoms with van der Waals surface area (Å²) < 4.78 is 21.8. The van der Waals surface area contributed by atoms with Gasteiger partial charge < -0.3 is 18.9 Å². The third kappa shape index (κ3) is 4.47. The van der Waals surface area contributed by atoms with E-state index in [-0.39, 0.29) is 6.61 Å². The van der Waals surface area contributed by atoms with E-state index in [1.54, 1.807) is 48.5 Å². The monoisotopic (exact) mass is 356 g/mol. The van der Waals surface area contributed by atoms with E-state index in [4.69, 9.17) is 18.9 Å². The van der Waals surface area contributed by atoms with E-state index < -0.39 is 30.4 Å². The normalized spacial score (nSPS) is 22.4. The van der Waals surface area contributed by atoms with Crippen LogP contribution in [-0.4, -0.2) is 44.2 Å². The number of benzene rings is 2. The van der Waals surface area contributed by atoms with E-state index in [0.717, 1.165) is 0 Å². The first kappa shape index (κ1) is 18.1. The molecule has 3 rings (SSSR count). The third-order valence-corrected chi connectivity index (χ3v) is 4.03. The van der Waals surface area contributed by atoms with Crippen LogP contribution in [0.15, 0.2) is 60.7 Å². The first-order chi connectivity index (χ1) is 12.7. The molecule has 0 bridgehead atoms. The zero-order valence-corrected chi connectivity index (χ0v) is 14.4. The van der Waals surface area contributed by atoms with Crippen molar-refractivity contribution in [2.45, 2.75) is 24.9 Å². The van der Waals surface area contributed by atoms with Crippen LogP contribution in [0.2, 0.25) is 0 Å². The first-order valence-electron chi connectivity index (χ1n) is 8.34. The van der Waals surface area contributed by atoms with Gasteiger partial charge in [0.2, 0.25) is 0 Å². The summed E-state index contributed by atoms with van der Waals surface area (Å²) in [4.78, 5) is 24.5. The second-order valence-corrected chi connectivity index (χ2v) is 5.88. The first-order valence-corrected chi connectivity index (χ1v) is 8.34. The van der Waals surface area contributed by atoms with Gasteiger partial charge in [-0.15, -0.1) is 0 Å². The van der Waals surface area contributed by atoms with Gasteiger partial charge >= 0.3 is 11.9 Å². The number of carbonyl (C=O) groups excluding carboxylic acids is 2. The molecule has 1 heterocycles. The number of ether oxygens (including phenoxy) is 4. The second kappa shape index (κ2) is 8.60. The topological polar surface area (TPSA) is 71.1 Å². The quantitative estimate of drug-likeness (QED) is 0.767. The van der Waals surface area contributed by atoms with Gasteiger partial charge in [0.05, 0.1) is 17.7 Å². The van der Waals surface area contributed by atoms with Crippen molar-refractivity contribution in [3.8, 4) is 0 Å². The van der Waals surface area contributed by atoms with Crippen molar-refractivity contribution in [3.63, 3.8) is 0 Å². The van der Waals surface area contributed by atoms with Crippen LogP contribution >= 0.6 is 0 Å². The molecule has 136 valence electrons. The summed E-state index contributed by atoms with van der Waals surface area (Å²) >= 11 is 0. The lowest BCUT2D eigenvalue weighted by Gasteiger charge is -2.34. The Balaban J connectivity index is 1.63. The summed E-state index contributed by atoms with van der Waals surface area (Å²) in [6.45, 7) is 0.177. The molecule has 0 radical (unpaired) electrons. The van der Waals surface area contributed by atoms with Crippen molar-refractivity contribution < 1.29 is 28.5 Å². The SMILES string of the molecule is CO[C@H]1OC[C@H](OC(=O)c2ccccc2)C[C@H]1OC(=O)c1ccccc1. The molecule has 1 saturated heterocycles. The predicted molar refractivity (Wildman–Crippen MR) is 92.7 cm³/mol. The lowest BCUT2D eigenvalue weighted by atomic mass is 10.1. The molecule has 1 fully saturated rings. The molecule has 3 atom stereocenters. The average Bonchev–Trinajstić information content (AvgIpc) is 2.69. The standard InChI is InChI=1S/C20H20O6/c1-23-20-17(26-19(22)15-10-6-3-7-11-15)12-16(13-24-20)25-18(21)14-8-4-2-5-9-14/h2-11,16-17,20H,12-13H2,1H3/t16-,17-,20+/m1/s1. The van der Waals surface area contributed by atoms with Crippen molar-refractivity contribution >= 4 is 11.9 Å². The van der Waals surface area contributed by atoms with Crippen LogP contribution in [0.4, 0.5) is 0 Å². The number of methoxy groups -OCH3 is 1. The van der Waals surface area contributed by atoms with Crippen LogP contribution in [0.1, 0.15) is 27.1 Å². The molecule has 6 heteroatoms. The summed E-state index contributed by atoms with van der Waals surface area (Å²) in [5, 5.41) is 0. The van der Waals surface area contributed by atoms with E-state index >= 15 is 0 Å². The molecule has 0 aromatic heterocycles. The van der Waals surface area contributed by atoms with Crippen LogP contribution in [0.5, 0.6) is 0 Å². The average molecular weight is 356 g/mol. The maximum absolute atomic E-state index is 12.3. The molecule has 0 spiro atoms. The van der Waals surface area contributed by atoms with Gasteiger partial charge in [-0.1, -0.05) is 36.4 Å². The molecule has 0 aliphatic carbocycles. The van der Waals surface area contributed by atoms with Gasteiger partial charge in [-0.05, 0) is 24.3 Å². The lowest BCUT2D eigenvalue weighted by Crippen LogP contribution is -2.46. The van der Waals surface area contributed by atoms with E-state index in [1.165, 1.54) is 7.11 Å². The van der Waals surface area contributed by atoms with Crippen LogP contribution in [0.25, 0.3) is 0 Å². The lowest BCUT2D eigenvalue weighted by molar-refractivity contribution is -0.224. The summed E-state index contributed by atoms with van der Waals surface area (Å²) in [6.07, 6.45) is -1.60. The van der Waals surface area contributed by atoms with Gasteiger partial charge in [0.15, 0.2) is 12.4 Å². The fourth-order valence-corrected chi connectivity index (χ4v) is 2.73.